The number of amides is 1. The summed E-state index contributed by atoms with van der Waals surface area (Å²) in [5.74, 6) is -2.48. The molecule has 1 N–H and O–H groups in total. The van der Waals surface area contributed by atoms with Crippen molar-refractivity contribution in [2.75, 3.05) is 11.9 Å². The summed E-state index contributed by atoms with van der Waals surface area (Å²) in [5, 5.41) is 13.3. The first-order valence-corrected chi connectivity index (χ1v) is 7.33. The van der Waals surface area contributed by atoms with E-state index in [1.807, 2.05) is 0 Å². The summed E-state index contributed by atoms with van der Waals surface area (Å²) in [4.78, 5) is 33.8. The highest BCUT2D eigenvalue weighted by Gasteiger charge is 2.22. The molecule has 9 heteroatoms. The number of halogens is 2. The molecule has 0 spiro atoms. The van der Waals surface area contributed by atoms with Crippen LogP contribution in [0.15, 0.2) is 36.4 Å². The smallest absolute Gasteiger partial charge is 0.345 e. The number of hydrogen-bond acceptors (Lipinski definition) is 5. The van der Waals surface area contributed by atoms with E-state index in [0.717, 1.165) is 12.1 Å². The van der Waals surface area contributed by atoms with Gasteiger partial charge in [0.05, 0.1) is 10.6 Å². The molecule has 0 heterocycles. The molecule has 7 nitrogen and oxygen atoms in total. The number of carbonyl (C=O) groups excluding carboxylic acids is 2. The first-order chi connectivity index (χ1) is 11.8. The van der Waals surface area contributed by atoms with Gasteiger partial charge < -0.3 is 10.1 Å². The molecule has 2 aromatic rings. The van der Waals surface area contributed by atoms with E-state index in [1.165, 1.54) is 18.2 Å². The van der Waals surface area contributed by atoms with Crippen molar-refractivity contribution in [2.24, 2.45) is 0 Å². The van der Waals surface area contributed by atoms with Gasteiger partial charge in [-0.25, -0.2) is 9.18 Å². The molecule has 1 amide bonds. The number of nitrogens with one attached hydrogen (secondary N) is 1. The van der Waals surface area contributed by atoms with Crippen molar-refractivity contribution < 1.29 is 23.6 Å². The zero-order valence-electron chi connectivity index (χ0n) is 12.9. The summed E-state index contributed by atoms with van der Waals surface area (Å²) >= 11 is 5.65. The minimum atomic E-state index is -1.07. The van der Waals surface area contributed by atoms with E-state index in [0.29, 0.717) is 5.56 Å². The van der Waals surface area contributed by atoms with Crippen LogP contribution >= 0.6 is 11.6 Å². The summed E-state index contributed by atoms with van der Waals surface area (Å²) in [5.41, 5.74) is -0.271. The zero-order chi connectivity index (χ0) is 18.6. The van der Waals surface area contributed by atoms with Gasteiger partial charge in [-0.2, -0.15) is 0 Å². The van der Waals surface area contributed by atoms with Gasteiger partial charge in [-0.05, 0) is 36.8 Å². The van der Waals surface area contributed by atoms with Crippen molar-refractivity contribution in [3.8, 4) is 0 Å². The average Bonchev–Trinajstić information content (AvgIpc) is 2.55. The van der Waals surface area contributed by atoms with E-state index in [-0.39, 0.29) is 16.3 Å². The van der Waals surface area contributed by atoms with Gasteiger partial charge in [0.15, 0.2) is 6.61 Å². The van der Waals surface area contributed by atoms with Gasteiger partial charge in [0.1, 0.15) is 11.4 Å². The Bertz CT molecular complexity index is 856. The summed E-state index contributed by atoms with van der Waals surface area (Å²) in [6.45, 7) is 0.960. The molecular formula is C16H12ClFN2O5. The number of hydrogen-bond donors (Lipinski definition) is 1. The number of nitrogens with zero attached hydrogens (tertiary/aromatic N) is 1. The quantitative estimate of drug-likeness (QED) is 0.496. The van der Waals surface area contributed by atoms with Crippen LogP contribution in [-0.4, -0.2) is 23.4 Å². The SMILES string of the molecule is Cc1ccc(NC(=O)COC(=O)c2ccc(Cl)cc2[N+](=O)[O-])c(F)c1. The third kappa shape index (κ3) is 4.74. The molecule has 0 aliphatic carbocycles. The molecule has 25 heavy (non-hydrogen) atoms. The molecule has 2 rings (SSSR count). The molecule has 0 bridgehead atoms. The molecule has 0 saturated carbocycles. The van der Waals surface area contributed by atoms with Gasteiger partial charge in [0.25, 0.3) is 11.6 Å². The Morgan fingerprint density at radius 1 is 1.28 bits per heavy atom. The largest absolute Gasteiger partial charge is 0.452 e. The Morgan fingerprint density at radius 2 is 2.00 bits per heavy atom. The maximum atomic E-state index is 13.6. The predicted octanol–water partition coefficient (Wildman–Crippen LogP) is 3.49. The van der Waals surface area contributed by atoms with Crippen LogP contribution in [0.4, 0.5) is 15.8 Å². The van der Waals surface area contributed by atoms with Crippen LogP contribution in [0.1, 0.15) is 15.9 Å². The van der Waals surface area contributed by atoms with Crippen molar-refractivity contribution in [1.29, 1.82) is 0 Å². The Hall–Kier alpha value is -3.00. The topological polar surface area (TPSA) is 98.5 Å². The van der Waals surface area contributed by atoms with Crippen LogP contribution < -0.4 is 5.32 Å². The van der Waals surface area contributed by atoms with Crippen molar-refractivity contribution in [3.63, 3.8) is 0 Å². The van der Waals surface area contributed by atoms with Crippen LogP contribution in [0.25, 0.3) is 0 Å². The molecule has 0 atom stereocenters. The molecule has 0 aromatic heterocycles. The number of anilines is 1. The lowest BCUT2D eigenvalue weighted by atomic mass is 10.2. The number of aryl methyl sites for hydroxylation is 1. The normalized spacial score (nSPS) is 10.2. The van der Waals surface area contributed by atoms with E-state index < -0.39 is 34.9 Å². The highest BCUT2D eigenvalue weighted by Crippen LogP contribution is 2.24. The Kier molecular flexibility index (Phi) is 5.66. The maximum Gasteiger partial charge on any atom is 0.345 e. The monoisotopic (exact) mass is 366 g/mol. The summed E-state index contributed by atoms with van der Waals surface area (Å²) < 4.78 is 18.4. The van der Waals surface area contributed by atoms with Crippen molar-refractivity contribution in [3.05, 3.63) is 68.5 Å². The summed E-state index contributed by atoms with van der Waals surface area (Å²) in [6.07, 6.45) is 0. The van der Waals surface area contributed by atoms with Gasteiger partial charge in [-0.1, -0.05) is 17.7 Å². The third-order valence-electron chi connectivity index (χ3n) is 3.11. The Balaban J connectivity index is 2.02. The minimum absolute atomic E-state index is 0.0656. The van der Waals surface area contributed by atoms with Crippen LogP contribution in [0, 0.1) is 22.9 Å². The lowest BCUT2D eigenvalue weighted by Gasteiger charge is -2.08. The number of rotatable bonds is 5. The summed E-state index contributed by atoms with van der Waals surface area (Å²) in [7, 11) is 0. The van der Waals surface area contributed by atoms with Gasteiger partial charge in [-0.3, -0.25) is 14.9 Å². The fourth-order valence-electron chi connectivity index (χ4n) is 1.95. The number of nitro groups is 1. The zero-order valence-corrected chi connectivity index (χ0v) is 13.7. The molecular weight excluding hydrogens is 355 g/mol. The predicted molar refractivity (Wildman–Crippen MR) is 88.2 cm³/mol. The lowest BCUT2D eigenvalue weighted by Crippen LogP contribution is -2.21. The second-order valence-corrected chi connectivity index (χ2v) is 5.46. The van der Waals surface area contributed by atoms with Gasteiger partial charge in [0, 0.05) is 11.1 Å². The number of nitro benzene ring substituents is 1. The van der Waals surface area contributed by atoms with E-state index in [9.17, 15) is 24.1 Å². The van der Waals surface area contributed by atoms with Crippen molar-refractivity contribution >= 4 is 34.9 Å². The molecule has 2 aromatic carbocycles. The van der Waals surface area contributed by atoms with Crippen LogP contribution in [-0.2, 0) is 9.53 Å². The highest BCUT2D eigenvalue weighted by atomic mass is 35.5. The van der Waals surface area contributed by atoms with Crippen LogP contribution in [0.5, 0.6) is 0 Å². The van der Waals surface area contributed by atoms with E-state index in [4.69, 9.17) is 16.3 Å². The molecule has 0 aliphatic heterocycles. The maximum absolute atomic E-state index is 13.6. The van der Waals surface area contributed by atoms with E-state index >= 15 is 0 Å². The molecule has 130 valence electrons. The molecule has 0 saturated heterocycles. The molecule has 0 unspecified atom stereocenters. The summed E-state index contributed by atoms with van der Waals surface area (Å²) in [6, 6.07) is 7.61. The third-order valence-corrected chi connectivity index (χ3v) is 3.34. The van der Waals surface area contributed by atoms with Gasteiger partial charge >= 0.3 is 5.97 Å². The first-order valence-electron chi connectivity index (χ1n) is 6.95. The number of ether oxygens (including phenoxy) is 1. The number of carbonyl (C=O) groups is 2. The molecule has 0 fully saturated rings. The number of esters is 1. The van der Waals surface area contributed by atoms with E-state index in [2.05, 4.69) is 5.32 Å². The fraction of sp³-hybridized carbons (Fsp3) is 0.125. The van der Waals surface area contributed by atoms with E-state index in [1.54, 1.807) is 13.0 Å². The van der Waals surface area contributed by atoms with Crippen LogP contribution in [0.3, 0.4) is 0 Å². The Morgan fingerprint density at radius 3 is 2.64 bits per heavy atom. The lowest BCUT2D eigenvalue weighted by molar-refractivity contribution is -0.385. The highest BCUT2D eigenvalue weighted by molar-refractivity contribution is 6.31. The van der Waals surface area contributed by atoms with Crippen molar-refractivity contribution in [1.82, 2.24) is 0 Å². The van der Waals surface area contributed by atoms with Crippen molar-refractivity contribution in [2.45, 2.75) is 6.92 Å². The first kappa shape index (κ1) is 18.3. The fourth-order valence-corrected chi connectivity index (χ4v) is 2.11. The minimum Gasteiger partial charge on any atom is -0.452 e. The second-order valence-electron chi connectivity index (χ2n) is 5.03. The second kappa shape index (κ2) is 7.71. The molecule has 0 radical (unpaired) electrons. The number of benzene rings is 2. The van der Waals surface area contributed by atoms with Gasteiger partial charge in [-0.15, -0.1) is 0 Å². The Labute approximate surface area is 146 Å². The molecule has 0 aliphatic rings. The van der Waals surface area contributed by atoms with Crippen LogP contribution in [0.2, 0.25) is 5.02 Å². The van der Waals surface area contributed by atoms with Gasteiger partial charge in [0.2, 0.25) is 0 Å². The standard InChI is InChI=1S/C16H12ClFN2O5/c1-9-2-5-13(12(18)6-9)19-15(21)8-25-16(22)11-4-3-10(17)7-14(11)20(23)24/h2-7H,8H2,1H3,(H,19,21). The average molecular weight is 367 g/mol.